The fraction of sp³-hybridized carbons (Fsp3) is 0.421. The van der Waals surface area contributed by atoms with Crippen LogP contribution < -0.4 is 5.32 Å². The summed E-state index contributed by atoms with van der Waals surface area (Å²) in [6, 6.07) is 6.89. The van der Waals surface area contributed by atoms with E-state index in [1.807, 2.05) is 30.5 Å². The summed E-state index contributed by atoms with van der Waals surface area (Å²) in [4.78, 5) is 19.7. The first-order valence-electron chi connectivity index (χ1n) is 9.00. The van der Waals surface area contributed by atoms with E-state index >= 15 is 0 Å². The zero-order valence-electron chi connectivity index (χ0n) is 14.8. The number of hydrogen-bond donors (Lipinski definition) is 2. The first-order valence-corrected chi connectivity index (χ1v) is 9.88. The van der Waals surface area contributed by atoms with E-state index in [1.54, 1.807) is 11.3 Å². The van der Waals surface area contributed by atoms with Gasteiger partial charge in [0, 0.05) is 40.7 Å². The van der Waals surface area contributed by atoms with Crippen LogP contribution in [-0.4, -0.2) is 51.7 Å². The van der Waals surface area contributed by atoms with Crippen LogP contribution in [0.2, 0.25) is 0 Å². The molecule has 5 rings (SSSR count). The second-order valence-electron chi connectivity index (χ2n) is 7.53. The third-order valence-electron chi connectivity index (χ3n) is 5.78. The lowest BCUT2D eigenvalue weighted by Crippen LogP contribution is -2.44. The van der Waals surface area contributed by atoms with Crippen LogP contribution >= 0.6 is 11.3 Å². The third-order valence-corrected chi connectivity index (χ3v) is 6.79. The van der Waals surface area contributed by atoms with Gasteiger partial charge in [0.05, 0.1) is 5.52 Å². The molecule has 26 heavy (non-hydrogen) atoms. The van der Waals surface area contributed by atoms with Crippen molar-refractivity contribution < 1.29 is 4.79 Å². The van der Waals surface area contributed by atoms with E-state index in [0.717, 1.165) is 40.1 Å². The van der Waals surface area contributed by atoms with Crippen molar-refractivity contribution in [3.05, 3.63) is 35.0 Å². The van der Waals surface area contributed by atoms with E-state index < -0.39 is 0 Å². The maximum atomic E-state index is 12.8. The van der Waals surface area contributed by atoms with Gasteiger partial charge in [0.1, 0.15) is 5.01 Å². The quantitative estimate of drug-likeness (QED) is 0.747. The molecule has 2 aliphatic rings. The Hall–Kier alpha value is -2.25. The summed E-state index contributed by atoms with van der Waals surface area (Å²) in [6.07, 6.45) is 2.24. The van der Waals surface area contributed by atoms with Gasteiger partial charge in [0.15, 0.2) is 5.69 Å². The molecule has 1 aliphatic heterocycles. The summed E-state index contributed by atoms with van der Waals surface area (Å²) in [5.41, 5.74) is 3.42. The molecule has 3 aromatic rings. The fourth-order valence-electron chi connectivity index (χ4n) is 4.40. The summed E-state index contributed by atoms with van der Waals surface area (Å²) in [7, 11) is 2.17. The molecule has 1 aromatic carbocycles. The summed E-state index contributed by atoms with van der Waals surface area (Å²) >= 11 is 1.62. The molecule has 1 unspecified atom stereocenters. The van der Waals surface area contributed by atoms with Crippen molar-refractivity contribution in [2.24, 2.45) is 5.92 Å². The van der Waals surface area contributed by atoms with Crippen molar-refractivity contribution in [2.75, 3.05) is 13.6 Å². The number of nitrogens with one attached hydrogen (secondary N) is 2. The Bertz CT molecular complexity index is 991. The molecule has 1 saturated heterocycles. The number of carbonyl (C=O) groups excluding carboxylic acids is 1. The molecule has 1 aliphatic carbocycles. The minimum Gasteiger partial charge on any atom is -0.348 e. The summed E-state index contributed by atoms with van der Waals surface area (Å²) in [5, 5.41) is 14.4. The topological polar surface area (TPSA) is 73.9 Å². The minimum absolute atomic E-state index is 0.0747. The van der Waals surface area contributed by atoms with Crippen molar-refractivity contribution in [2.45, 2.75) is 31.8 Å². The molecular formula is C19H21N5OS. The maximum Gasteiger partial charge on any atom is 0.272 e. The number of piperidine rings is 1. The van der Waals surface area contributed by atoms with Gasteiger partial charge in [-0.25, -0.2) is 4.98 Å². The van der Waals surface area contributed by atoms with E-state index in [0.29, 0.717) is 17.7 Å². The molecule has 1 amide bonds. The number of fused-ring (bicyclic) bond motifs is 3. The maximum absolute atomic E-state index is 12.8. The number of amides is 1. The van der Waals surface area contributed by atoms with Crippen LogP contribution in [0.4, 0.5) is 0 Å². The molecule has 2 bridgehead atoms. The normalized spacial score (nSPS) is 25.2. The summed E-state index contributed by atoms with van der Waals surface area (Å²) in [6.45, 7) is 3.07. The zero-order chi connectivity index (χ0) is 17.8. The Labute approximate surface area is 155 Å². The number of aromatic nitrogens is 3. The monoisotopic (exact) mass is 367 g/mol. The van der Waals surface area contributed by atoms with Crippen molar-refractivity contribution in [1.29, 1.82) is 0 Å². The zero-order valence-corrected chi connectivity index (χ0v) is 15.6. The summed E-state index contributed by atoms with van der Waals surface area (Å²) < 4.78 is 0. The van der Waals surface area contributed by atoms with Crippen molar-refractivity contribution in [3.8, 4) is 10.6 Å². The number of likely N-dealkylation sites (tertiary alicyclic amines) is 1. The van der Waals surface area contributed by atoms with Crippen molar-refractivity contribution in [1.82, 2.24) is 25.4 Å². The highest BCUT2D eigenvalue weighted by Gasteiger charge is 2.43. The molecule has 0 spiro atoms. The number of nitrogens with zero attached hydrogens (tertiary/aromatic N) is 3. The SMILES string of the molecule is Cc1csc(-c2ccc3c(C(=O)N[C@@H]4CC5C[C@H]4CN5C)n[nH]c3c2)n1. The van der Waals surface area contributed by atoms with Gasteiger partial charge >= 0.3 is 0 Å². The molecule has 3 atom stereocenters. The number of carbonyl (C=O) groups is 1. The van der Waals surface area contributed by atoms with E-state index in [2.05, 4.69) is 32.4 Å². The highest BCUT2D eigenvalue weighted by molar-refractivity contribution is 7.13. The molecule has 3 heterocycles. The highest BCUT2D eigenvalue weighted by atomic mass is 32.1. The number of H-pyrrole nitrogens is 1. The van der Waals surface area contributed by atoms with Gasteiger partial charge in [-0.15, -0.1) is 11.3 Å². The van der Waals surface area contributed by atoms with Gasteiger partial charge in [-0.3, -0.25) is 9.89 Å². The van der Waals surface area contributed by atoms with Crippen molar-refractivity contribution in [3.63, 3.8) is 0 Å². The number of aromatic amines is 1. The lowest BCUT2D eigenvalue weighted by molar-refractivity contribution is 0.0909. The van der Waals surface area contributed by atoms with Crippen LogP contribution in [0.15, 0.2) is 23.6 Å². The molecule has 1 saturated carbocycles. The number of thiazole rings is 1. The predicted octanol–water partition coefficient (Wildman–Crippen LogP) is 2.82. The van der Waals surface area contributed by atoms with Crippen LogP contribution in [0.25, 0.3) is 21.5 Å². The van der Waals surface area contributed by atoms with E-state index in [-0.39, 0.29) is 11.9 Å². The molecule has 7 heteroatoms. The first-order chi connectivity index (χ1) is 12.6. The van der Waals surface area contributed by atoms with Crippen LogP contribution in [0, 0.1) is 12.8 Å². The lowest BCUT2D eigenvalue weighted by atomic mass is 10.0. The average Bonchev–Trinajstić information content (AvgIpc) is 3.37. The van der Waals surface area contributed by atoms with Crippen LogP contribution in [0.5, 0.6) is 0 Å². The van der Waals surface area contributed by atoms with Gasteiger partial charge in [0.25, 0.3) is 5.91 Å². The van der Waals surface area contributed by atoms with E-state index in [1.165, 1.54) is 6.42 Å². The number of benzene rings is 1. The fourth-order valence-corrected chi connectivity index (χ4v) is 5.20. The second-order valence-corrected chi connectivity index (χ2v) is 8.39. The number of aryl methyl sites for hydroxylation is 1. The van der Waals surface area contributed by atoms with Crippen LogP contribution in [-0.2, 0) is 0 Å². The standard InChI is InChI=1S/C19H21N5OS/c1-10-9-26-19(20-10)11-3-4-14-16(6-11)22-23-17(14)18(25)21-15-7-13-5-12(15)8-24(13)2/h3-4,6,9,12-13,15H,5,7-8H2,1-2H3,(H,21,25)(H,22,23)/t12-,13?,15+/m0/s1. The Morgan fingerprint density at radius 3 is 2.96 bits per heavy atom. The molecule has 0 radical (unpaired) electrons. The van der Waals surface area contributed by atoms with E-state index in [9.17, 15) is 4.79 Å². The average molecular weight is 367 g/mol. The van der Waals surface area contributed by atoms with Gasteiger partial charge in [0.2, 0.25) is 0 Å². The van der Waals surface area contributed by atoms with Gasteiger partial charge < -0.3 is 10.2 Å². The molecule has 134 valence electrons. The highest BCUT2D eigenvalue weighted by Crippen LogP contribution is 2.37. The number of rotatable bonds is 3. The van der Waals surface area contributed by atoms with Crippen LogP contribution in [0.1, 0.15) is 29.0 Å². The molecule has 2 aromatic heterocycles. The second kappa shape index (κ2) is 5.89. The molecule has 6 nitrogen and oxygen atoms in total. The Morgan fingerprint density at radius 2 is 2.27 bits per heavy atom. The third kappa shape index (κ3) is 2.54. The van der Waals surface area contributed by atoms with E-state index in [4.69, 9.17) is 0 Å². The Morgan fingerprint density at radius 1 is 1.38 bits per heavy atom. The molecule has 2 fully saturated rings. The largest absolute Gasteiger partial charge is 0.348 e. The first kappa shape index (κ1) is 16.0. The smallest absolute Gasteiger partial charge is 0.272 e. The van der Waals surface area contributed by atoms with Gasteiger partial charge in [-0.2, -0.15) is 5.10 Å². The Balaban J connectivity index is 1.38. The molecular weight excluding hydrogens is 346 g/mol. The molecule has 2 N–H and O–H groups in total. The van der Waals surface area contributed by atoms with Gasteiger partial charge in [-0.05, 0) is 44.9 Å². The lowest BCUT2D eigenvalue weighted by Gasteiger charge is -2.28. The predicted molar refractivity (Wildman–Crippen MR) is 102 cm³/mol. The van der Waals surface area contributed by atoms with Crippen molar-refractivity contribution >= 4 is 28.1 Å². The van der Waals surface area contributed by atoms with Gasteiger partial charge in [-0.1, -0.05) is 6.07 Å². The summed E-state index contributed by atoms with van der Waals surface area (Å²) in [5.74, 6) is 0.494. The Kier molecular flexibility index (Phi) is 3.62. The minimum atomic E-state index is -0.0747. The van der Waals surface area contributed by atoms with Crippen LogP contribution in [0.3, 0.4) is 0 Å². The number of hydrogen-bond acceptors (Lipinski definition) is 5.